The second kappa shape index (κ2) is 6.95. The largest absolute Gasteiger partial charge is 0.470 e. The molecule has 0 radical (unpaired) electrons. The molecule has 0 bridgehead atoms. The zero-order chi connectivity index (χ0) is 18.0. The van der Waals surface area contributed by atoms with E-state index in [-0.39, 0.29) is 19.0 Å². The molecule has 0 N–H and O–H groups in total. The number of nitrogens with zero attached hydrogens (tertiary/aromatic N) is 2. The summed E-state index contributed by atoms with van der Waals surface area (Å²) in [6.07, 6.45) is -1.89. The highest BCUT2D eigenvalue weighted by Crippen LogP contribution is 2.35. The quantitative estimate of drug-likeness (QED) is 0.772. The van der Waals surface area contributed by atoms with Crippen molar-refractivity contribution in [1.82, 2.24) is 9.88 Å². The highest BCUT2D eigenvalue weighted by Gasteiger charge is 2.38. The monoisotopic (exact) mass is 368 g/mol. The first-order valence-electron chi connectivity index (χ1n) is 7.51. The van der Waals surface area contributed by atoms with Crippen molar-refractivity contribution < 1.29 is 22.7 Å². The van der Waals surface area contributed by atoms with E-state index >= 15 is 0 Å². The number of thioether (sulfide) groups is 1. The number of amides is 1. The molecule has 25 heavy (non-hydrogen) atoms. The maximum Gasteiger partial charge on any atom is 0.421 e. The Kier molecular flexibility index (Phi) is 4.89. The molecule has 1 aromatic heterocycles. The summed E-state index contributed by atoms with van der Waals surface area (Å²) >= 11 is 1.47. The molecule has 1 aromatic carbocycles. The number of carbonyl (C=O) groups excluding carboxylic acids is 1. The predicted octanol–water partition coefficient (Wildman–Crippen LogP) is 3.73. The lowest BCUT2D eigenvalue weighted by atomic mass is 10.1. The van der Waals surface area contributed by atoms with E-state index in [4.69, 9.17) is 4.74 Å². The van der Waals surface area contributed by atoms with E-state index < -0.39 is 23.7 Å². The maximum absolute atomic E-state index is 12.9. The Morgan fingerprint density at radius 3 is 2.64 bits per heavy atom. The van der Waals surface area contributed by atoms with Gasteiger partial charge in [-0.15, -0.1) is 11.8 Å². The Morgan fingerprint density at radius 1 is 1.24 bits per heavy atom. The summed E-state index contributed by atoms with van der Waals surface area (Å²) in [5, 5.41) is 0. The third-order valence-electron chi connectivity index (χ3n) is 3.83. The molecular formula is C17H15F3N2O2S. The SMILES string of the molecule is CSc1ccccc1C(=O)N1CC(Oc2ncccc2C(F)(F)F)C1. The number of hydrogen-bond donors (Lipinski definition) is 0. The van der Waals surface area contributed by atoms with Gasteiger partial charge in [-0.1, -0.05) is 12.1 Å². The van der Waals surface area contributed by atoms with Crippen molar-refractivity contribution in [3.05, 3.63) is 53.7 Å². The van der Waals surface area contributed by atoms with Crippen LogP contribution in [-0.2, 0) is 6.18 Å². The van der Waals surface area contributed by atoms with E-state index in [1.54, 1.807) is 17.0 Å². The first kappa shape index (κ1) is 17.6. The molecule has 1 fully saturated rings. The number of benzene rings is 1. The zero-order valence-electron chi connectivity index (χ0n) is 13.3. The van der Waals surface area contributed by atoms with Crippen LogP contribution < -0.4 is 4.74 Å². The number of alkyl halides is 3. The van der Waals surface area contributed by atoms with Gasteiger partial charge in [0.05, 0.1) is 18.7 Å². The average molecular weight is 368 g/mol. The summed E-state index contributed by atoms with van der Waals surface area (Å²) in [6.45, 7) is 0.463. The van der Waals surface area contributed by atoms with Crippen LogP contribution in [0.2, 0.25) is 0 Å². The van der Waals surface area contributed by atoms with E-state index in [9.17, 15) is 18.0 Å². The molecular weight excluding hydrogens is 353 g/mol. The molecule has 0 unspecified atom stereocenters. The fraction of sp³-hybridized carbons (Fsp3) is 0.294. The first-order chi connectivity index (χ1) is 11.9. The number of ether oxygens (including phenoxy) is 1. The van der Waals surface area contributed by atoms with Gasteiger partial charge >= 0.3 is 6.18 Å². The van der Waals surface area contributed by atoms with Crippen LogP contribution in [0.1, 0.15) is 15.9 Å². The molecule has 1 amide bonds. The summed E-state index contributed by atoms with van der Waals surface area (Å²) in [7, 11) is 0. The van der Waals surface area contributed by atoms with Crippen LogP contribution in [0.4, 0.5) is 13.2 Å². The lowest BCUT2D eigenvalue weighted by Gasteiger charge is -2.39. The average Bonchev–Trinajstić information content (AvgIpc) is 2.56. The summed E-state index contributed by atoms with van der Waals surface area (Å²) < 4.78 is 44.2. The molecule has 132 valence electrons. The van der Waals surface area contributed by atoms with Crippen LogP contribution in [0.5, 0.6) is 5.88 Å². The fourth-order valence-corrected chi connectivity index (χ4v) is 3.12. The lowest BCUT2D eigenvalue weighted by Crippen LogP contribution is -2.56. The Balaban J connectivity index is 1.65. The maximum atomic E-state index is 12.9. The van der Waals surface area contributed by atoms with Crippen LogP contribution in [0, 0.1) is 0 Å². The third kappa shape index (κ3) is 3.73. The van der Waals surface area contributed by atoms with Gasteiger partial charge < -0.3 is 9.64 Å². The summed E-state index contributed by atoms with van der Waals surface area (Å²) in [5.74, 6) is -0.599. The Labute approximate surface area is 147 Å². The predicted molar refractivity (Wildman–Crippen MR) is 87.8 cm³/mol. The van der Waals surface area contributed by atoms with Gasteiger partial charge in [-0.3, -0.25) is 4.79 Å². The van der Waals surface area contributed by atoms with Crippen LogP contribution in [0.25, 0.3) is 0 Å². The summed E-state index contributed by atoms with van der Waals surface area (Å²) in [4.78, 5) is 18.6. The minimum absolute atomic E-state index is 0.151. The van der Waals surface area contributed by atoms with Gasteiger partial charge in [-0.2, -0.15) is 13.2 Å². The summed E-state index contributed by atoms with van der Waals surface area (Å²) in [5.41, 5.74) is -0.324. The van der Waals surface area contributed by atoms with E-state index in [1.165, 1.54) is 24.0 Å². The number of pyridine rings is 1. The van der Waals surface area contributed by atoms with Crippen molar-refractivity contribution in [1.29, 1.82) is 0 Å². The highest BCUT2D eigenvalue weighted by atomic mass is 32.2. The van der Waals surface area contributed by atoms with Gasteiger partial charge in [0, 0.05) is 11.1 Å². The van der Waals surface area contributed by atoms with E-state index in [0.717, 1.165) is 11.0 Å². The number of likely N-dealkylation sites (tertiary alicyclic amines) is 1. The second-order valence-electron chi connectivity index (χ2n) is 5.50. The van der Waals surface area contributed by atoms with Crippen molar-refractivity contribution in [3.8, 4) is 5.88 Å². The van der Waals surface area contributed by atoms with Gasteiger partial charge in [-0.25, -0.2) is 4.98 Å². The zero-order valence-corrected chi connectivity index (χ0v) is 14.1. The van der Waals surface area contributed by atoms with Crippen molar-refractivity contribution >= 4 is 17.7 Å². The lowest BCUT2D eigenvalue weighted by molar-refractivity contribution is -0.140. The van der Waals surface area contributed by atoms with Crippen molar-refractivity contribution in [2.75, 3.05) is 19.3 Å². The summed E-state index contributed by atoms with van der Waals surface area (Å²) in [6, 6.07) is 9.37. The van der Waals surface area contributed by atoms with Gasteiger partial charge in [0.2, 0.25) is 5.88 Å². The van der Waals surface area contributed by atoms with E-state index in [2.05, 4.69) is 4.98 Å². The Bertz CT molecular complexity index is 776. The number of aromatic nitrogens is 1. The molecule has 2 heterocycles. The molecule has 2 aromatic rings. The van der Waals surface area contributed by atoms with Gasteiger partial charge in [-0.05, 0) is 30.5 Å². The van der Waals surface area contributed by atoms with E-state index in [1.807, 2.05) is 18.4 Å². The molecule has 1 aliphatic heterocycles. The van der Waals surface area contributed by atoms with Crippen molar-refractivity contribution in [3.63, 3.8) is 0 Å². The van der Waals surface area contributed by atoms with Gasteiger partial charge in [0.1, 0.15) is 11.7 Å². The number of rotatable bonds is 4. The molecule has 0 spiro atoms. The minimum atomic E-state index is -4.53. The number of halogens is 3. The molecule has 3 rings (SSSR count). The Morgan fingerprint density at radius 2 is 1.96 bits per heavy atom. The molecule has 0 aliphatic carbocycles. The Hall–Kier alpha value is -2.22. The van der Waals surface area contributed by atoms with Crippen LogP contribution in [-0.4, -0.2) is 41.2 Å². The topological polar surface area (TPSA) is 42.4 Å². The molecule has 1 aliphatic rings. The molecule has 8 heteroatoms. The third-order valence-corrected chi connectivity index (χ3v) is 4.62. The number of carbonyl (C=O) groups is 1. The standard InChI is InChI=1S/C17H15F3N2O2S/c1-25-14-7-3-2-5-12(14)16(23)22-9-11(10-22)24-15-13(17(18,19)20)6-4-8-21-15/h2-8,11H,9-10H2,1H3. The van der Waals surface area contributed by atoms with Crippen LogP contribution >= 0.6 is 11.8 Å². The smallest absolute Gasteiger partial charge is 0.421 e. The van der Waals surface area contributed by atoms with Crippen molar-refractivity contribution in [2.24, 2.45) is 0 Å². The normalized spacial score (nSPS) is 15.0. The molecule has 4 nitrogen and oxygen atoms in total. The molecule has 0 saturated carbocycles. The van der Waals surface area contributed by atoms with E-state index in [0.29, 0.717) is 5.56 Å². The van der Waals surface area contributed by atoms with Crippen LogP contribution in [0.15, 0.2) is 47.5 Å². The first-order valence-corrected chi connectivity index (χ1v) is 8.74. The fourth-order valence-electron chi connectivity index (χ4n) is 2.53. The molecule has 1 saturated heterocycles. The van der Waals surface area contributed by atoms with Crippen LogP contribution in [0.3, 0.4) is 0 Å². The minimum Gasteiger partial charge on any atom is -0.470 e. The molecule has 0 atom stereocenters. The van der Waals surface area contributed by atoms with Crippen molar-refractivity contribution in [2.45, 2.75) is 17.2 Å². The van der Waals surface area contributed by atoms with Gasteiger partial charge in [0.15, 0.2) is 0 Å². The highest BCUT2D eigenvalue weighted by molar-refractivity contribution is 7.98. The number of hydrogen-bond acceptors (Lipinski definition) is 4. The second-order valence-corrected chi connectivity index (χ2v) is 6.35. The van der Waals surface area contributed by atoms with Gasteiger partial charge in [0.25, 0.3) is 5.91 Å².